The minimum absolute atomic E-state index is 0.0780. The van der Waals surface area contributed by atoms with Gasteiger partial charge in [-0.1, -0.05) is 23.7 Å². The van der Waals surface area contributed by atoms with Gasteiger partial charge in [0.15, 0.2) is 0 Å². The number of sulfonamides is 1. The van der Waals surface area contributed by atoms with Crippen LogP contribution in [0.25, 0.3) is 6.08 Å². The molecule has 0 aliphatic rings. The van der Waals surface area contributed by atoms with Crippen molar-refractivity contribution in [3.05, 3.63) is 47.4 Å². The molecule has 0 unspecified atom stereocenters. The van der Waals surface area contributed by atoms with E-state index < -0.39 is 21.0 Å². The lowest BCUT2D eigenvalue weighted by molar-refractivity contribution is -0.114. The Morgan fingerprint density at radius 1 is 1.38 bits per heavy atom. The van der Waals surface area contributed by atoms with E-state index in [2.05, 4.69) is 4.98 Å². The summed E-state index contributed by atoms with van der Waals surface area (Å²) in [6.07, 6.45) is 3.85. The highest BCUT2D eigenvalue weighted by molar-refractivity contribution is 7.90. The molecule has 0 saturated heterocycles. The molecule has 0 radical (unpaired) electrons. The van der Waals surface area contributed by atoms with Gasteiger partial charge in [0, 0.05) is 13.1 Å². The van der Waals surface area contributed by atoms with E-state index in [1.807, 2.05) is 11.6 Å². The van der Waals surface area contributed by atoms with Gasteiger partial charge in [0.1, 0.15) is 10.9 Å². The molecule has 0 spiro atoms. The Bertz CT molecular complexity index is 857. The second-order valence-electron chi connectivity index (χ2n) is 4.76. The maximum atomic E-state index is 12.1. The summed E-state index contributed by atoms with van der Waals surface area (Å²) < 4.78 is 32.7. The first kappa shape index (κ1) is 18.0. The molecule has 0 atom stereocenters. The SMILES string of the molecule is CCOc1ccc(C=CC(=O)NS(=O)(=O)c2ncn(C)c2Cl)cc1. The lowest BCUT2D eigenvalue weighted by Crippen LogP contribution is -2.29. The molecule has 2 rings (SSSR count). The van der Waals surface area contributed by atoms with Gasteiger partial charge in [0.25, 0.3) is 15.9 Å². The summed E-state index contributed by atoms with van der Waals surface area (Å²) in [5, 5.41) is -0.472. The van der Waals surface area contributed by atoms with E-state index in [0.29, 0.717) is 12.4 Å². The standard InChI is InChI=1S/C15H16ClN3O4S/c1-3-23-12-7-4-11(5-8-12)6-9-13(20)18-24(21,22)15-14(16)19(2)10-17-15/h4-10H,3H2,1-2H3,(H,18,20). The van der Waals surface area contributed by atoms with Crippen LogP contribution < -0.4 is 9.46 Å². The summed E-state index contributed by atoms with van der Waals surface area (Å²) in [4.78, 5) is 15.5. The first-order valence-electron chi connectivity index (χ1n) is 6.98. The zero-order chi connectivity index (χ0) is 17.7. The van der Waals surface area contributed by atoms with Crippen molar-refractivity contribution in [3.8, 4) is 5.75 Å². The summed E-state index contributed by atoms with van der Waals surface area (Å²) in [5.41, 5.74) is 0.724. The van der Waals surface area contributed by atoms with Crippen LogP contribution in [0.2, 0.25) is 5.15 Å². The minimum atomic E-state index is -4.12. The van der Waals surface area contributed by atoms with Gasteiger partial charge in [0.05, 0.1) is 12.9 Å². The molecule has 7 nitrogen and oxygen atoms in total. The maximum Gasteiger partial charge on any atom is 0.284 e. The second-order valence-corrected chi connectivity index (χ2v) is 6.71. The second kappa shape index (κ2) is 7.50. The molecule has 1 amide bonds. The van der Waals surface area contributed by atoms with Crippen molar-refractivity contribution in [2.45, 2.75) is 11.9 Å². The smallest absolute Gasteiger partial charge is 0.284 e. The number of halogens is 1. The number of aromatic nitrogens is 2. The van der Waals surface area contributed by atoms with E-state index in [0.717, 1.165) is 11.6 Å². The maximum absolute atomic E-state index is 12.1. The number of nitrogens with one attached hydrogen (secondary N) is 1. The summed E-state index contributed by atoms with van der Waals surface area (Å²) in [6.45, 7) is 2.44. The summed E-state index contributed by atoms with van der Waals surface area (Å²) in [7, 11) is -2.58. The summed E-state index contributed by atoms with van der Waals surface area (Å²) >= 11 is 5.83. The van der Waals surface area contributed by atoms with Crippen LogP contribution in [0.5, 0.6) is 5.75 Å². The number of carbonyl (C=O) groups excluding carboxylic acids is 1. The third kappa shape index (κ3) is 4.36. The Labute approximate surface area is 145 Å². The number of ether oxygens (including phenoxy) is 1. The molecule has 0 aliphatic carbocycles. The number of hydrogen-bond donors (Lipinski definition) is 1. The Kier molecular flexibility index (Phi) is 5.63. The van der Waals surface area contributed by atoms with Crippen LogP contribution in [-0.4, -0.2) is 30.5 Å². The molecule has 0 saturated carbocycles. The van der Waals surface area contributed by atoms with Crippen LogP contribution in [-0.2, 0) is 21.9 Å². The van der Waals surface area contributed by atoms with Crippen molar-refractivity contribution in [1.29, 1.82) is 0 Å². The van der Waals surface area contributed by atoms with Crippen LogP contribution in [0, 0.1) is 0 Å². The van der Waals surface area contributed by atoms with Crippen molar-refractivity contribution in [2.75, 3.05) is 6.61 Å². The number of nitrogens with zero attached hydrogens (tertiary/aromatic N) is 2. The largest absolute Gasteiger partial charge is 0.494 e. The van der Waals surface area contributed by atoms with Gasteiger partial charge in [-0.05, 0) is 30.7 Å². The molecule has 1 aromatic carbocycles. The van der Waals surface area contributed by atoms with E-state index in [1.54, 1.807) is 31.3 Å². The van der Waals surface area contributed by atoms with Gasteiger partial charge in [0.2, 0.25) is 5.03 Å². The molecular weight excluding hydrogens is 354 g/mol. The Balaban J connectivity index is 2.05. The molecule has 128 valence electrons. The Hall–Kier alpha value is -2.32. The zero-order valence-corrected chi connectivity index (χ0v) is 14.6. The number of amides is 1. The minimum Gasteiger partial charge on any atom is -0.494 e. The third-order valence-electron chi connectivity index (χ3n) is 2.94. The fourth-order valence-corrected chi connectivity index (χ4v) is 3.18. The average Bonchev–Trinajstić information content (AvgIpc) is 2.87. The molecule has 2 aromatic rings. The van der Waals surface area contributed by atoms with E-state index in [9.17, 15) is 13.2 Å². The molecule has 1 aromatic heterocycles. The first-order valence-corrected chi connectivity index (χ1v) is 8.84. The lowest BCUT2D eigenvalue weighted by atomic mass is 10.2. The van der Waals surface area contributed by atoms with Gasteiger partial charge >= 0.3 is 0 Å². The molecule has 1 heterocycles. The fraction of sp³-hybridized carbons (Fsp3) is 0.200. The molecular formula is C15H16ClN3O4S. The predicted molar refractivity (Wildman–Crippen MR) is 90.2 cm³/mol. The predicted octanol–water partition coefficient (Wildman–Crippen LogP) is 1.99. The van der Waals surface area contributed by atoms with Crippen LogP contribution in [0.1, 0.15) is 12.5 Å². The molecule has 0 aliphatic heterocycles. The number of rotatable bonds is 6. The summed E-state index contributed by atoms with van der Waals surface area (Å²) in [5.74, 6) is -0.0860. The molecule has 9 heteroatoms. The highest BCUT2D eigenvalue weighted by Crippen LogP contribution is 2.18. The molecule has 0 fully saturated rings. The van der Waals surface area contributed by atoms with Crippen molar-refractivity contribution in [1.82, 2.24) is 14.3 Å². The van der Waals surface area contributed by atoms with Crippen LogP contribution in [0.15, 0.2) is 41.7 Å². The van der Waals surface area contributed by atoms with Gasteiger partial charge in [-0.2, -0.15) is 8.42 Å². The Morgan fingerprint density at radius 2 is 2.04 bits per heavy atom. The number of carbonyl (C=O) groups is 1. The number of imidazole rings is 1. The van der Waals surface area contributed by atoms with Crippen molar-refractivity contribution >= 4 is 33.6 Å². The molecule has 0 bridgehead atoms. The topological polar surface area (TPSA) is 90.3 Å². The van der Waals surface area contributed by atoms with Gasteiger partial charge in [-0.3, -0.25) is 4.79 Å². The summed E-state index contributed by atoms with van der Waals surface area (Å²) in [6, 6.07) is 7.01. The van der Waals surface area contributed by atoms with Gasteiger partial charge in [-0.25, -0.2) is 9.71 Å². The van der Waals surface area contributed by atoms with E-state index in [4.69, 9.17) is 16.3 Å². The third-order valence-corrected chi connectivity index (χ3v) is 4.78. The van der Waals surface area contributed by atoms with E-state index in [-0.39, 0.29) is 5.15 Å². The van der Waals surface area contributed by atoms with E-state index in [1.165, 1.54) is 17.0 Å². The van der Waals surface area contributed by atoms with E-state index >= 15 is 0 Å². The van der Waals surface area contributed by atoms with Gasteiger partial charge < -0.3 is 9.30 Å². The molecule has 1 N–H and O–H groups in total. The average molecular weight is 370 g/mol. The van der Waals surface area contributed by atoms with Gasteiger partial charge in [-0.15, -0.1) is 0 Å². The lowest BCUT2D eigenvalue weighted by Gasteiger charge is -2.03. The quantitative estimate of drug-likeness (QED) is 0.786. The number of hydrogen-bond acceptors (Lipinski definition) is 5. The highest BCUT2D eigenvalue weighted by Gasteiger charge is 2.23. The first-order chi connectivity index (χ1) is 11.3. The number of benzene rings is 1. The monoisotopic (exact) mass is 369 g/mol. The van der Waals surface area contributed by atoms with Crippen LogP contribution >= 0.6 is 11.6 Å². The van der Waals surface area contributed by atoms with Crippen LogP contribution in [0.4, 0.5) is 0 Å². The zero-order valence-electron chi connectivity index (χ0n) is 13.1. The normalized spacial score (nSPS) is 11.6. The fourth-order valence-electron chi connectivity index (χ4n) is 1.80. The highest BCUT2D eigenvalue weighted by atomic mass is 35.5. The van der Waals surface area contributed by atoms with Crippen molar-refractivity contribution in [3.63, 3.8) is 0 Å². The molecule has 24 heavy (non-hydrogen) atoms. The van der Waals surface area contributed by atoms with Crippen LogP contribution in [0.3, 0.4) is 0 Å². The Morgan fingerprint density at radius 3 is 2.58 bits per heavy atom. The van der Waals surface area contributed by atoms with Crippen molar-refractivity contribution in [2.24, 2.45) is 7.05 Å². The number of aryl methyl sites for hydroxylation is 1. The van der Waals surface area contributed by atoms with Crippen molar-refractivity contribution < 1.29 is 17.9 Å².